The lowest BCUT2D eigenvalue weighted by atomic mass is 10.1. The normalized spacial score (nSPS) is 21.7. The van der Waals surface area contributed by atoms with Crippen LogP contribution in [0.3, 0.4) is 0 Å². The Kier molecular flexibility index (Phi) is 2.63. The van der Waals surface area contributed by atoms with Gasteiger partial charge in [0.15, 0.2) is 0 Å². The van der Waals surface area contributed by atoms with Gasteiger partial charge in [0.25, 0.3) is 0 Å². The van der Waals surface area contributed by atoms with Gasteiger partial charge in [-0.1, -0.05) is 6.07 Å². The molecular formula is C14H19N3. The molecule has 3 heteroatoms. The lowest BCUT2D eigenvalue weighted by Crippen LogP contribution is -2.28. The summed E-state index contributed by atoms with van der Waals surface area (Å²) in [6.07, 6.45) is 5.33. The molecule has 3 heterocycles. The first kappa shape index (κ1) is 10.8. The van der Waals surface area contributed by atoms with E-state index in [1.807, 2.05) is 6.20 Å². The summed E-state index contributed by atoms with van der Waals surface area (Å²) in [6.45, 7) is 6.88. The third kappa shape index (κ3) is 1.84. The van der Waals surface area contributed by atoms with Crippen LogP contribution in [-0.4, -0.2) is 33.4 Å². The van der Waals surface area contributed by atoms with Crippen LogP contribution in [0.5, 0.6) is 0 Å². The molecule has 17 heavy (non-hydrogen) atoms. The van der Waals surface area contributed by atoms with Crippen molar-refractivity contribution in [3.05, 3.63) is 36.4 Å². The molecule has 1 fully saturated rings. The Hall–Kier alpha value is -1.35. The smallest absolute Gasteiger partial charge is 0.117 e. The topological polar surface area (TPSA) is 20.5 Å². The van der Waals surface area contributed by atoms with E-state index in [4.69, 9.17) is 0 Å². The van der Waals surface area contributed by atoms with Gasteiger partial charge in [-0.05, 0) is 38.9 Å². The van der Waals surface area contributed by atoms with Gasteiger partial charge < -0.3 is 9.30 Å². The number of rotatable bonds is 2. The molecule has 2 aromatic heterocycles. The molecule has 0 saturated carbocycles. The van der Waals surface area contributed by atoms with Gasteiger partial charge in [0, 0.05) is 24.7 Å². The number of pyridine rings is 1. The average Bonchev–Trinajstić information content (AvgIpc) is 2.95. The maximum atomic E-state index is 4.61. The van der Waals surface area contributed by atoms with E-state index in [2.05, 4.69) is 52.5 Å². The summed E-state index contributed by atoms with van der Waals surface area (Å²) in [5, 5.41) is 0. The van der Waals surface area contributed by atoms with Crippen molar-refractivity contribution in [2.75, 3.05) is 13.1 Å². The van der Waals surface area contributed by atoms with E-state index in [9.17, 15) is 0 Å². The fourth-order valence-corrected chi connectivity index (χ4v) is 2.73. The molecule has 90 valence electrons. The van der Waals surface area contributed by atoms with Crippen LogP contribution in [-0.2, 0) is 0 Å². The summed E-state index contributed by atoms with van der Waals surface area (Å²) in [5.41, 5.74) is 1.20. The molecule has 0 N–H and O–H groups in total. The first-order valence-corrected chi connectivity index (χ1v) is 6.42. The van der Waals surface area contributed by atoms with Crippen molar-refractivity contribution in [1.29, 1.82) is 0 Å². The Balaban J connectivity index is 1.90. The molecule has 3 rings (SSSR count). The second-order valence-electron chi connectivity index (χ2n) is 5.19. The second-order valence-corrected chi connectivity index (χ2v) is 5.19. The molecular weight excluding hydrogens is 210 g/mol. The molecule has 1 atom stereocenters. The predicted octanol–water partition coefficient (Wildman–Crippen LogP) is 2.53. The van der Waals surface area contributed by atoms with Gasteiger partial charge in [-0.2, -0.15) is 0 Å². The average molecular weight is 229 g/mol. The van der Waals surface area contributed by atoms with E-state index in [1.54, 1.807) is 0 Å². The summed E-state index contributed by atoms with van der Waals surface area (Å²) in [6, 6.07) is 6.90. The Labute approximate surface area is 102 Å². The van der Waals surface area contributed by atoms with E-state index in [0.29, 0.717) is 12.0 Å². The standard InChI is InChI=1S/C14H19N3/c1-11(2)16-8-6-12(10-16)14-15-9-13-5-3-4-7-17(13)14/h3-5,7,9,11-12H,6,8,10H2,1-2H3. The van der Waals surface area contributed by atoms with Crippen LogP contribution in [0.2, 0.25) is 0 Å². The molecule has 1 unspecified atom stereocenters. The first-order chi connectivity index (χ1) is 8.25. The minimum atomic E-state index is 0.585. The number of imidazole rings is 1. The zero-order valence-electron chi connectivity index (χ0n) is 10.5. The Morgan fingerprint density at radius 1 is 1.35 bits per heavy atom. The number of nitrogens with zero attached hydrogens (tertiary/aromatic N) is 3. The summed E-state index contributed by atoms with van der Waals surface area (Å²) < 4.78 is 2.23. The van der Waals surface area contributed by atoms with Gasteiger partial charge in [0.2, 0.25) is 0 Å². The highest BCUT2D eigenvalue weighted by molar-refractivity contribution is 5.46. The molecule has 0 aliphatic carbocycles. The monoisotopic (exact) mass is 229 g/mol. The fourth-order valence-electron chi connectivity index (χ4n) is 2.73. The zero-order chi connectivity index (χ0) is 11.8. The molecule has 1 aliphatic rings. The van der Waals surface area contributed by atoms with Crippen LogP contribution in [0.1, 0.15) is 32.0 Å². The second kappa shape index (κ2) is 4.15. The highest BCUT2D eigenvalue weighted by atomic mass is 15.2. The Morgan fingerprint density at radius 2 is 2.24 bits per heavy atom. The summed E-state index contributed by atoms with van der Waals surface area (Å²) in [7, 11) is 0. The van der Waals surface area contributed by atoms with Gasteiger partial charge in [-0.25, -0.2) is 4.98 Å². The maximum Gasteiger partial charge on any atom is 0.117 e. The van der Waals surface area contributed by atoms with Crippen molar-refractivity contribution in [3.8, 4) is 0 Å². The molecule has 0 bridgehead atoms. The van der Waals surface area contributed by atoms with Crippen LogP contribution < -0.4 is 0 Å². The van der Waals surface area contributed by atoms with Crippen LogP contribution in [0.25, 0.3) is 5.52 Å². The van der Waals surface area contributed by atoms with Crippen LogP contribution in [0, 0.1) is 0 Å². The summed E-state index contributed by atoms with van der Waals surface area (Å²) in [4.78, 5) is 7.14. The van der Waals surface area contributed by atoms with Crippen LogP contribution in [0.4, 0.5) is 0 Å². The molecule has 0 spiro atoms. The van der Waals surface area contributed by atoms with Gasteiger partial charge in [0.1, 0.15) is 5.82 Å². The van der Waals surface area contributed by atoms with Gasteiger partial charge in [-0.15, -0.1) is 0 Å². The van der Waals surface area contributed by atoms with Crippen molar-refractivity contribution in [2.24, 2.45) is 0 Å². The molecule has 2 aromatic rings. The summed E-state index contributed by atoms with van der Waals surface area (Å²) in [5.74, 6) is 1.81. The van der Waals surface area contributed by atoms with Crippen molar-refractivity contribution in [3.63, 3.8) is 0 Å². The third-order valence-electron chi connectivity index (χ3n) is 3.78. The number of fused-ring (bicyclic) bond motifs is 1. The van der Waals surface area contributed by atoms with Crippen LogP contribution >= 0.6 is 0 Å². The number of aromatic nitrogens is 2. The van der Waals surface area contributed by atoms with Gasteiger partial charge in [0.05, 0.1) is 11.7 Å². The fraction of sp³-hybridized carbons (Fsp3) is 0.500. The van der Waals surface area contributed by atoms with Crippen molar-refractivity contribution in [1.82, 2.24) is 14.3 Å². The molecule has 3 nitrogen and oxygen atoms in total. The summed E-state index contributed by atoms with van der Waals surface area (Å²) >= 11 is 0. The number of hydrogen-bond donors (Lipinski definition) is 0. The molecule has 0 aromatic carbocycles. The highest BCUT2D eigenvalue weighted by Crippen LogP contribution is 2.27. The number of hydrogen-bond acceptors (Lipinski definition) is 2. The number of likely N-dealkylation sites (tertiary alicyclic amines) is 1. The third-order valence-corrected chi connectivity index (χ3v) is 3.78. The first-order valence-electron chi connectivity index (χ1n) is 6.42. The Bertz CT molecular complexity index is 515. The van der Waals surface area contributed by atoms with Gasteiger partial charge >= 0.3 is 0 Å². The van der Waals surface area contributed by atoms with E-state index in [0.717, 1.165) is 6.54 Å². The van der Waals surface area contributed by atoms with E-state index in [1.165, 1.54) is 24.3 Å². The zero-order valence-corrected chi connectivity index (χ0v) is 10.5. The predicted molar refractivity (Wildman–Crippen MR) is 69.3 cm³/mol. The van der Waals surface area contributed by atoms with Crippen molar-refractivity contribution in [2.45, 2.75) is 32.2 Å². The lowest BCUT2D eigenvalue weighted by molar-refractivity contribution is 0.272. The molecule has 1 saturated heterocycles. The molecule has 1 aliphatic heterocycles. The van der Waals surface area contributed by atoms with Crippen LogP contribution in [0.15, 0.2) is 30.6 Å². The molecule has 0 amide bonds. The molecule has 0 radical (unpaired) electrons. The Morgan fingerprint density at radius 3 is 3.00 bits per heavy atom. The SMILES string of the molecule is CC(C)N1CCC(c2ncc3ccccn23)C1. The van der Waals surface area contributed by atoms with Crippen molar-refractivity contribution >= 4 is 5.52 Å². The minimum Gasteiger partial charge on any atom is -0.303 e. The van der Waals surface area contributed by atoms with E-state index < -0.39 is 0 Å². The van der Waals surface area contributed by atoms with E-state index >= 15 is 0 Å². The maximum absolute atomic E-state index is 4.61. The van der Waals surface area contributed by atoms with Gasteiger partial charge in [-0.3, -0.25) is 0 Å². The largest absolute Gasteiger partial charge is 0.303 e. The minimum absolute atomic E-state index is 0.585. The van der Waals surface area contributed by atoms with E-state index in [-0.39, 0.29) is 0 Å². The lowest BCUT2D eigenvalue weighted by Gasteiger charge is -2.19. The quantitative estimate of drug-likeness (QED) is 0.789. The van der Waals surface area contributed by atoms with Crippen molar-refractivity contribution < 1.29 is 0 Å². The highest BCUT2D eigenvalue weighted by Gasteiger charge is 2.27.